The summed E-state index contributed by atoms with van der Waals surface area (Å²) >= 11 is 0. The SMILES string of the molecule is CC(=O)N(O)C/C=C/P(=O)(O)O. The highest BCUT2D eigenvalue weighted by Crippen LogP contribution is 2.35. The smallest absolute Gasteiger partial charge is 0.321 e. The Kier molecular flexibility index (Phi) is 4.12. The first-order chi connectivity index (χ1) is 5.33. The van der Waals surface area contributed by atoms with E-state index in [-0.39, 0.29) is 6.54 Å². The van der Waals surface area contributed by atoms with E-state index in [1.54, 1.807) is 0 Å². The molecule has 0 bridgehead atoms. The second kappa shape index (κ2) is 4.37. The van der Waals surface area contributed by atoms with Crippen molar-refractivity contribution in [3.63, 3.8) is 0 Å². The summed E-state index contributed by atoms with van der Waals surface area (Å²) in [5.74, 6) is 0.0319. The van der Waals surface area contributed by atoms with Gasteiger partial charge in [-0.05, 0) is 0 Å². The van der Waals surface area contributed by atoms with Crippen molar-refractivity contribution in [2.45, 2.75) is 6.92 Å². The highest BCUT2D eigenvalue weighted by molar-refractivity contribution is 7.55. The molecule has 0 fully saturated rings. The minimum Gasteiger partial charge on any atom is -0.321 e. The molecular weight excluding hydrogens is 185 g/mol. The molecule has 3 N–H and O–H groups in total. The summed E-state index contributed by atoms with van der Waals surface area (Å²) in [6.07, 6.45) is 1.02. The van der Waals surface area contributed by atoms with E-state index < -0.39 is 13.5 Å². The molecule has 0 aliphatic rings. The van der Waals surface area contributed by atoms with Gasteiger partial charge in [0.2, 0.25) is 5.91 Å². The third-order valence-electron chi connectivity index (χ3n) is 0.941. The van der Waals surface area contributed by atoms with E-state index in [1.807, 2.05) is 0 Å². The number of hydrogen-bond donors (Lipinski definition) is 3. The van der Waals surface area contributed by atoms with Gasteiger partial charge in [0.25, 0.3) is 0 Å². The topological polar surface area (TPSA) is 98.1 Å². The van der Waals surface area contributed by atoms with Gasteiger partial charge >= 0.3 is 7.60 Å². The molecule has 0 spiro atoms. The Balaban J connectivity index is 3.92. The molecular formula is C5H10NO5P. The number of carbonyl (C=O) groups is 1. The fraction of sp³-hybridized carbons (Fsp3) is 0.400. The third kappa shape index (κ3) is 6.06. The Morgan fingerprint density at radius 3 is 2.42 bits per heavy atom. The molecule has 0 rings (SSSR count). The summed E-state index contributed by atoms with van der Waals surface area (Å²) in [6.45, 7) is 0.895. The predicted octanol–water partition coefficient (Wildman–Crippen LogP) is -0.0845. The Hall–Kier alpha value is -0.680. The molecule has 6 nitrogen and oxygen atoms in total. The molecule has 0 saturated heterocycles. The quantitative estimate of drug-likeness (QED) is 0.332. The van der Waals surface area contributed by atoms with Crippen LogP contribution in [-0.2, 0) is 9.36 Å². The van der Waals surface area contributed by atoms with Crippen molar-refractivity contribution in [2.75, 3.05) is 6.54 Å². The lowest BCUT2D eigenvalue weighted by molar-refractivity contribution is -0.160. The molecule has 0 radical (unpaired) electrons. The van der Waals surface area contributed by atoms with Crippen LogP contribution in [0.4, 0.5) is 0 Å². The molecule has 70 valence electrons. The predicted molar refractivity (Wildman–Crippen MR) is 40.4 cm³/mol. The molecule has 0 unspecified atom stereocenters. The van der Waals surface area contributed by atoms with Gasteiger partial charge in [-0.1, -0.05) is 6.08 Å². The highest BCUT2D eigenvalue weighted by Gasteiger charge is 2.06. The van der Waals surface area contributed by atoms with Crippen molar-refractivity contribution in [1.29, 1.82) is 0 Å². The van der Waals surface area contributed by atoms with E-state index in [0.717, 1.165) is 13.0 Å². The van der Waals surface area contributed by atoms with Crippen LogP contribution in [0.25, 0.3) is 0 Å². The van der Waals surface area contributed by atoms with E-state index >= 15 is 0 Å². The number of hydrogen-bond acceptors (Lipinski definition) is 3. The molecule has 7 heteroatoms. The molecule has 0 atom stereocenters. The van der Waals surface area contributed by atoms with Crippen molar-refractivity contribution < 1.29 is 24.4 Å². The normalized spacial score (nSPS) is 12.0. The molecule has 1 amide bonds. The number of amides is 1. The summed E-state index contributed by atoms with van der Waals surface area (Å²) in [6, 6.07) is 0. The zero-order valence-corrected chi connectivity index (χ0v) is 7.31. The lowest BCUT2D eigenvalue weighted by atomic mass is 10.6. The zero-order valence-electron chi connectivity index (χ0n) is 6.41. The average Bonchev–Trinajstić information content (AvgIpc) is 1.84. The largest absolute Gasteiger partial charge is 0.348 e. The van der Waals surface area contributed by atoms with E-state index in [0.29, 0.717) is 10.9 Å². The summed E-state index contributed by atoms with van der Waals surface area (Å²) in [4.78, 5) is 27.0. The van der Waals surface area contributed by atoms with Crippen LogP contribution in [0.15, 0.2) is 11.9 Å². The minimum atomic E-state index is -4.18. The highest BCUT2D eigenvalue weighted by atomic mass is 31.2. The molecule has 0 aromatic carbocycles. The standard InChI is InChI=1S/C5H10NO5P/c1-5(7)6(8)3-2-4-12(9,10)11/h2,4,8H,3H2,1H3,(H2,9,10,11)/b4-2+. The van der Waals surface area contributed by atoms with Crippen LogP contribution in [0.2, 0.25) is 0 Å². The molecule has 0 aliphatic heterocycles. The number of nitrogens with zero attached hydrogens (tertiary/aromatic N) is 1. The van der Waals surface area contributed by atoms with Gasteiger partial charge in [0.05, 0.1) is 6.54 Å². The fourth-order valence-corrected chi connectivity index (χ4v) is 0.782. The maximum atomic E-state index is 10.3. The second-order valence-electron chi connectivity index (χ2n) is 2.07. The number of carbonyl (C=O) groups excluding carboxylic acids is 1. The van der Waals surface area contributed by atoms with Gasteiger partial charge in [-0.3, -0.25) is 14.6 Å². The van der Waals surface area contributed by atoms with Crippen LogP contribution in [0, 0.1) is 0 Å². The number of hydroxylamine groups is 2. The maximum Gasteiger partial charge on any atom is 0.348 e. The van der Waals surface area contributed by atoms with Gasteiger partial charge in [0.15, 0.2) is 0 Å². The van der Waals surface area contributed by atoms with Crippen LogP contribution in [0.3, 0.4) is 0 Å². The van der Waals surface area contributed by atoms with Gasteiger partial charge in [-0.15, -0.1) is 0 Å². The van der Waals surface area contributed by atoms with Crippen LogP contribution in [0.5, 0.6) is 0 Å². The molecule has 0 aliphatic carbocycles. The molecule has 0 heterocycles. The third-order valence-corrected chi connectivity index (χ3v) is 1.54. The van der Waals surface area contributed by atoms with E-state index in [1.165, 1.54) is 0 Å². The summed E-state index contributed by atoms with van der Waals surface area (Å²) in [5.41, 5.74) is 0. The molecule has 12 heavy (non-hydrogen) atoms. The zero-order chi connectivity index (χ0) is 9.78. The van der Waals surface area contributed by atoms with Crippen molar-refractivity contribution in [3.8, 4) is 0 Å². The van der Waals surface area contributed by atoms with Crippen molar-refractivity contribution in [3.05, 3.63) is 11.9 Å². The maximum absolute atomic E-state index is 10.3. The van der Waals surface area contributed by atoms with Crippen LogP contribution in [0.1, 0.15) is 6.92 Å². The summed E-state index contributed by atoms with van der Waals surface area (Å²) < 4.78 is 10.2. The monoisotopic (exact) mass is 195 g/mol. The minimum absolute atomic E-state index is 0.236. The first-order valence-corrected chi connectivity index (χ1v) is 4.71. The Morgan fingerprint density at radius 2 is 2.08 bits per heavy atom. The summed E-state index contributed by atoms with van der Waals surface area (Å²) in [5, 5.41) is 9.04. The number of rotatable bonds is 3. The van der Waals surface area contributed by atoms with Crippen LogP contribution < -0.4 is 0 Å². The average molecular weight is 195 g/mol. The van der Waals surface area contributed by atoms with Crippen LogP contribution >= 0.6 is 7.60 Å². The van der Waals surface area contributed by atoms with Gasteiger partial charge in [0.1, 0.15) is 0 Å². The Morgan fingerprint density at radius 1 is 1.58 bits per heavy atom. The fourth-order valence-electron chi connectivity index (χ4n) is 0.413. The van der Waals surface area contributed by atoms with Gasteiger partial charge in [-0.2, -0.15) is 0 Å². The Labute approximate surface area is 69.2 Å². The second-order valence-corrected chi connectivity index (χ2v) is 3.55. The Bertz CT molecular complexity index is 232. The first kappa shape index (κ1) is 11.3. The van der Waals surface area contributed by atoms with Gasteiger partial charge in [0, 0.05) is 12.7 Å². The molecule has 0 aromatic rings. The lowest BCUT2D eigenvalue weighted by Gasteiger charge is -2.08. The van der Waals surface area contributed by atoms with E-state index in [4.69, 9.17) is 15.0 Å². The summed E-state index contributed by atoms with van der Waals surface area (Å²) in [7, 11) is -4.18. The van der Waals surface area contributed by atoms with Gasteiger partial charge in [-0.25, -0.2) is 5.06 Å². The van der Waals surface area contributed by atoms with Crippen molar-refractivity contribution in [1.82, 2.24) is 5.06 Å². The molecule has 0 saturated carbocycles. The van der Waals surface area contributed by atoms with E-state index in [2.05, 4.69) is 0 Å². The first-order valence-electron chi connectivity index (χ1n) is 3.03. The van der Waals surface area contributed by atoms with Crippen molar-refractivity contribution in [2.24, 2.45) is 0 Å². The van der Waals surface area contributed by atoms with E-state index in [9.17, 15) is 9.36 Å². The van der Waals surface area contributed by atoms with Gasteiger partial charge < -0.3 is 9.79 Å². The van der Waals surface area contributed by atoms with Crippen LogP contribution in [-0.4, -0.2) is 32.5 Å². The lowest BCUT2D eigenvalue weighted by Crippen LogP contribution is -2.24. The van der Waals surface area contributed by atoms with Crippen molar-refractivity contribution >= 4 is 13.5 Å². The molecule has 0 aromatic heterocycles.